The summed E-state index contributed by atoms with van der Waals surface area (Å²) in [5.41, 5.74) is 0. The number of nitrogens with zero attached hydrogens (tertiary/aromatic N) is 1. The van der Waals surface area contributed by atoms with Crippen LogP contribution in [0.2, 0.25) is 0 Å². The van der Waals surface area contributed by atoms with Crippen molar-refractivity contribution in [3.05, 3.63) is 0 Å². The van der Waals surface area contributed by atoms with E-state index in [0.29, 0.717) is 38.2 Å². The lowest BCUT2D eigenvalue weighted by Crippen LogP contribution is -2.40. The van der Waals surface area contributed by atoms with Crippen molar-refractivity contribution in [1.29, 1.82) is 0 Å². The predicted molar refractivity (Wildman–Crippen MR) is 91.1 cm³/mol. The Morgan fingerprint density at radius 3 is 2.36 bits per heavy atom. The van der Waals surface area contributed by atoms with Crippen molar-refractivity contribution in [3.8, 4) is 0 Å². The van der Waals surface area contributed by atoms with Gasteiger partial charge >= 0.3 is 0 Å². The molecule has 6 nitrogen and oxygen atoms in total. The molecule has 1 aliphatic carbocycles. The normalized spacial score (nSPS) is 18.0. The molecular weight excluding hydrogens is 302 g/mol. The standard InChI is InChI=1S/C15H31N3O3S/c1-16-15(17-10-7-13-22(2,19)20)18-11-12-21-14-8-5-3-4-6-9-14/h14H,3-13H2,1-2H3,(H2,16,17,18). The Morgan fingerprint density at radius 2 is 1.77 bits per heavy atom. The van der Waals surface area contributed by atoms with Gasteiger partial charge in [0.25, 0.3) is 0 Å². The minimum Gasteiger partial charge on any atom is -0.376 e. The molecule has 0 heterocycles. The van der Waals surface area contributed by atoms with Gasteiger partial charge < -0.3 is 15.4 Å². The number of aliphatic imine (C=N–C) groups is 1. The van der Waals surface area contributed by atoms with Crippen LogP contribution in [0.15, 0.2) is 4.99 Å². The molecule has 0 saturated heterocycles. The molecule has 0 aromatic carbocycles. The molecule has 0 aromatic rings. The van der Waals surface area contributed by atoms with Gasteiger partial charge in [-0.1, -0.05) is 25.7 Å². The predicted octanol–water partition coefficient (Wildman–Crippen LogP) is 1.33. The smallest absolute Gasteiger partial charge is 0.191 e. The summed E-state index contributed by atoms with van der Waals surface area (Å²) in [5, 5.41) is 6.30. The second-order valence-corrected chi connectivity index (χ2v) is 8.15. The fourth-order valence-electron chi connectivity index (χ4n) is 2.57. The third-order valence-corrected chi connectivity index (χ3v) is 4.79. The SMILES string of the molecule is CN=C(NCCCS(C)(=O)=O)NCCOC1CCCCCC1. The van der Waals surface area contributed by atoms with Gasteiger partial charge in [0, 0.05) is 26.4 Å². The Kier molecular flexibility index (Phi) is 9.47. The molecule has 0 aliphatic heterocycles. The van der Waals surface area contributed by atoms with Crippen LogP contribution in [0.4, 0.5) is 0 Å². The maximum atomic E-state index is 11.0. The Bertz CT molecular complexity index is 416. The molecule has 0 atom stereocenters. The molecule has 1 aliphatic rings. The van der Waals surface area contributed by atoms with E-state index in [1.165, 1.54) is 44.8 Å². The number of guanidine groups is 1. The van der Waals surface area contributed by atoms with Crippen LogP contribution < -0.4 is 10.6 Å². The molecule has 22 heavy (non-hydrogen) atoms. The van der Waals surface area contributed by atoms with Crippen LogP contribution in [0.25, 0.3) is 0 Å². The van der Waals surface area contributed by atoms with E-state index in [4.69, 9.17) is 4.74 Å². The minimum atomic E-state index is -2.89. The zero-order chi connectivity index (χ0) is 16.3. The highest BCUT2D eigenvalue weighted by molar-refractivity contribution is 7.90. The fraction of sp³-hybridized carbons (Fsp3) is 0.933. The maximum absolute atomic E-state index is 11.0. The summed E-state index contributed by atoms with van der Waals surface area (Å²) in [7, 11) is -1.18. The van der Waals surface area contributed by atoms with E-state index in [1.807, 2.05) is 0 Å². The molecule has 0 bridgehead atoms. The number of sulfone groups is 1. The average molecular weight is 333 g/mol. The van der Waals surface area contributed by atoms with Gasteiger partial charge in [-0.15, -0.1) is 0 Å². The van der Waals surface area contributed by atoms with E-state index >= 15 is 0 Å². The maximum Gasteiger partial charge on any atom is 0.191 e. The van der Waals surface area contributed by atoms with E-state index < -0.39 is 9.84 Å². The highest BCUT2D eigenvalue weighted by Gasteiger charge is 2.12. The number of nitrogens with one attached hydrogen (secondary N) is 2. The zero-order valence-electron chi connectivity index (χ0n) is 13.9. The molecular formula is C15H31N3O3S. The first-order valence-electron chi connectivity index (χ1n) is 8.25. The Balaban J connectivity index is 2.08. The highest BCUT2D eigenvalue weighted by atomic mass is 32.2. The van der Waals surface area contributed by atoms with Gasteiger partial charge in [0.2, 0.25) is 0 Å². The summed E-state index contributed by atoms with van der Waals surface area (Å²) < 4.78 is 28.0. The number of hydrogen-bond acceptors (Lipinski definition) is 4. The van der Waals surface area contributed by atoms with Crippen LogP contribution in [0, 0.1) is 0 Å². The van der Waals surface area contributed by atoms with Crippen molar-refractivity contribution in [2.45, 2.75) is 51.0 Å². The van der Waals surface area contributed by atoms with Crippen molar-refractivity contribution >= 4 is 15.8 Å². The molecule has 7 heteroatoms. The highest BCUT2D eigenvalue weighted by Crippen LogP contribution is 2.19. The average Bonchev–Trinajstić information content (AvgIpc) is 2.73. The van der Waals surface area contributed by atoms with Gasteiger partial charge in [0.1, 0.15) is 9.84 Å². The lowest BCUT2D eigenvalue weighted by molar-refractivity contribution is 0.0468. The van der Waals surface area contributed by atoms with Gasteiger partial charge in [-0.3, -0.25) is 4.99 Å². The van der Waals surface area contributed by atoms with Gasteiger partial charge in [-0.2, -0.15) is 0 Å². The molecule has 130 valence electrons. The molecule has 0 unspecified atom stereocenters. The number of ether oxygens (including phenoxy) is 1. The lowest BCUT2D eigenvalue weighted by Gasteiger charge is -2.16. The Morgan fingerprint density at radius 1 is 1.14 bits per heavy atom. The quantitative estimate of drug-likeness (QED) is 0.303. The van der Waals surface area contributed by atoms with Crippen LogP contribution in [-0.2, 0) is 14.6 Å². The van der Waals surface area contributed by atoms with Crippen LogP contribution in [0.3, 0.4) is 0 Å². The van der Waals surface area contributed by atoms with Gasteiger partial charge in [0.05, 0.1) is 18.5 Å². The van der Waals surface area contributed by atoms with Crippen LogP contribution in [0.5, 0.6) is 0 Å². The number of hydrogen-bond donors (Lipinski definition) is 2. The topological polar surface area (TPSA) is 79.8 Å². The summed E-state index contributed by atoms with van der Waals surface area (Å²) in [4.78, 5) is 4.11. The molecule has 1 fully saturated rings. The first kappa shape index (κ1) is 19.2. The summed E-state index contributed by atoms with van der Waals surface area (Å²) in [6.07, 6.45) is 9.84. The van der Waals surface area contributed by atoms with E-state index in [1.54, 1.807) is 7.05 Å². The van der Waals surface area contributed by atoms with E-state index in [9.17, 15) is 8.42 Å². The van der Waals surface area contributed by atoms with E-state index in [0.717, 1.165) is 0 Å². The van der Waals surface area contributed by atoms with Crippen LogP contribution in [0.1, 0.15) is 44.9 Å². The third-order valence-electron chi connectivity index (χ3n) is 3.76. The zero-order valence-corrected chi connectivity index (χ0v) is 14.8. The largest absolute Gasteiger partial charge is 0.376 e. The van der Waals surface area contributed by atoms with Crippen LogP contribution in [-0.4, -0.2) is 59.2 Å². The summed E-state index contributed by atoms with van der Waals surface area (Å²) in [6, 6.07) is 0. The third kappa shape index (κ3) is 10.00. The Hall–Kier alpha value is -0.820. The van der Waals surface area contributed by atoms with Crippen molar-refractivity contribution in [1.82, 2.24) is 10.6 Å². The minimum absolute atomic E-state index is 0.196. The molecule has 0 spiro atoms. The summed E-state index contributed by atoms with van der Waals surface area (Å²) >= 11 is 0. The monoisotopic (exact) mass is 333 g/mol. The lowest BCUT2D eigenvalue weighted by atomic mass is 10.1. The van der Waals surface area contributed by atoms with Crippen molar-refractivity contribution < 1.29 is 13.2 Å². The molecule has 2 N–H and O–H groups in total. The summed E-state index contributed by atoms with van der Waals surface area (Å²) in [6.45, 7) is 1.98. The van der Waals surface area contributed by atoms with Gasteiger partial charge in [-0.05, 0) is 19.3 Å². The fourth-order valence-corrected chi connectivity index (χ4v) is 3.23. The molecule has 0 amide bonds. The van der Waals surface area contributed by atoms with Gasteiger partial charge in [-0.25, -0.2) is 8.42 Å². The second-order valence-electron chi connectivity index (χ2n) is 5.89. The van der Waals surface area contributed by atoms with Crippen LogP contribution >= 0.6 is 0 Å². The van der Waals surface area contributed by atoms with Crippen molar-refractivity contribution in [2.24, 2.45) is 4.99 Å². The molecule has 0 aromatic heterocycles. The first-order chi connectivity index (χ1) is 10.5. The second kappa shape index (κ2) is 10.8. The number of rotatable bonds is 8. The van der Waals surface area contributed by atoms with E-state index in [-0.39, 0.29) is 5.75 Å². The van der Waals surface area contributed by atoms with Crippen molar-refractivity contribution in [3.63, 3.8) is 0 Å². The molecule has 1 rings (SSSR count). The van der Waals surface area contributed by atoms with Crippen molar-refractivity contribution in [2.75, 3.05) is 38.8 Å². The Labute approximate surface area is 135 Å². The van der Waals surface area contributed by atoms with Gasteiger partial charge in [0.15, 0.2) is 5.96 Å². The molecule has 1 saturated carbocycles. The van der Waals surface area contributed by atoms with E-state index in [2.05, 4.69) is 15.6 Å². The molecule has 0 radical (unpaired) electrons. The first-order valence-corrected chi connectivity index (χ1v) is 10.3. The summed E-state index contributed by atoms with van der Waals surface area (Å²) in [5.74, 6) is 0.889.